The lowest BCUT2D eigenvalue weighted by molar-refractivity contribution is 0.0611. The van der Waals surface area contributed by atoms with E-state index in [-0.39, 0.29) is 11.9 Å². The monoisotopic (exact) mass is 373 g/mol. The molecule has 28 heavy (non-hydrogen) atoms. The van der Waals surface area contributed by atoms with Gasteiger partial charge in [-0.15, -0.1) is 0 Å². The van der Waals surface area contributed by atoms with E-state index in [0.717, 1.165) is 48.8 Å². The second-order valence-corrected chi connectivity index (χ2v) is 7.90. The van der Waals surface area contributed by atoms with Crippen LogP contribution in [-0.2, 0) is 6.54 Å². The number of aromatic nitrogens is 1. The van der Waals surface area contributed by atoms with Gasteiger partial charge in [-0.1, -0.05) is 30.3 Å². The van der Waals surface area contributed by atoms with Gasteiger partial charge in [-0.25, -0.2) is 0 Å². The van der Waals surface area contributed by atoms with Crippen LogP contribution in [0.25, 0.3) is 10.9 Å². The molecule has 0 radical (unpaired) electrons. The Hall–Kier alpha value is -2.72. The van der Waals surface area contributed by atoms with Gasteiger partial charge in [0.2, 0.25) is 0 Å². The van der Waals surface area contributed by atoms with Gasteiger partial charge in [0, 0.05) is 30.2 Å². The fourth-order valence-electron chi connectivity index (χ4n) is 4.11. The van der Waals surface area contributed by atoms with Crippen LogP contribution >= 0.6 is 0 Å². The average Bonchev–Trinajstić information content (AvgIpc) is 2.73. The number of pyridine rings is 1. The summed E-state index contributed by atoms with van der Waals surface area (Å²) < 4.78 is 0. The highest BCUT2D eigenvalue weighted by Gasteiger charge is 2.28. The number of likely N-dealkylation sites (tertiary alicyclic amines) is 1. The van der Waals surface area contributed by atoms with Crippen LogP contribution in [0.3, 0.4) is 0 Å². The molecule has 1 unspecified atom stereocenters. The fraction of sp³-hybridized carbons (Fsp3) is 0.333. The third kappa shape index (κ3) is 3.92. The number of benzene rings is 2. The molecule has 3 aromatic rings. The molecule has 0 saturated carbocycles. The lowest BCUT2D eigenvalue weighted by atomic mass is 9.93. The van der Waals surface area contributed by atoms with E-state index in [0.29, 0.717) is 0 Å². The van der Waals surface area contributed by atoms with Crippen LogP contribution in [0.4, 0.5) is 0 Å². The average molecular weight is 374 g/mol. The molecule has 4 nitrogen and oxygen atoms in total. The number of carbonyl (C=O) groups is 1. The van der Waals surface area contributed by atoms with Gasteiger partial charge in [-0.3, -0.25) is 9.78 Å². The first kappa shape index (κ1) is 18.6. The molecule has 1 aliphatic rings. The summed E-state index contributed by atoms with van der Waals surface area (Å²) in [7, 11) is 4.16. The van der Waals surface area contributed by atoms with Crippen molar-refractivity contribution in [3.05, 3.63) is 77.5 Å². The molecule has 2 heterocycles. The van der Waals surface area contributed by atoms with Crippen molar-refractivity contribution in [2.75, 3.05) is 20.6 Å². The first-order valence-electron chi connectivity index (χ1n) is 10.0. The van der Waals surface area contributed by atoms with E-state index in [1.807, 2.05) is 30.3 Å². The Morgan fingerprint density at radius 1 is 1.11 bits per heavy atom. The summed E-state index contributed by atoms with van der Waals surface area (Å²) in [6.45, 7) is 1.74. The molecule has 4 rings (SSSR count). The molecule has 0 spiro atoms. The van der Waals surface area contributed by atoms with Crippen molar-refractivity contribution in [1.29, 1.82) is 0 Å². The van der Waals surface area contributed by atoms with E-state index in [4.69, 9.17) is 0 Å². The van der Waals surface area contributed by atoms with Gasteiger partial charge in [-0.2, -0.15) is 0 Å². The van der Waals surface area contributed by atoms with Crippen LogP contribution in [0.5, 0.6) is 0 Å². The van der Waals surface area contributed by atoms with Crippen LogP contribution in [-0.4, -0.2) is 41.3 Å². The summed E-state index contributed by atoms with van der Waals surface area (Å²) >= 11 is 0. The minimum atomic E-state index is 0.118. The van der Waals surface area contributed by atoms with Crippen LogP contribution in [0.1, 0.15) is 46.8 Å². The van der Waals surface area contributed by atoms with Gasteiger partial charge in [0.1, 0.15) is 0 Å². The maximum absolute atomic E-state index is 13.3. The largest absolute Gasteiger partial charge is 0.332 e. The predicted molar refractivity (Wildman–Crippen MR) is 113 cm³/mol. The van der Waals surface area contributed by atoms with E-state index < -0.39 is 0 Å². The third-order valence-corrected chi connectivity index (χ3v) is 5.48. The van der Waals surface area contributed by atoms with Crippen LogP contribution < -0.4 is 0 Å². The Bertz CT molecular complexity index is 965. The number of fused-ring (bicyclic) bond motifs is 1. The lowest BCUT2D eigenvalue weighted by Crippen LogP contribution is -2.38. The molecule has 0 N–H and O–H groups in total. The van der Waals surface area contributed by atoms with Gasteiger partial charge in [-0.05, 0) is 68.8 Å². The number of amides is 1. The number of rotatable bonds is 4. The molecule has 4 heteroatoms. The normalized spacial score (nSPS) is 17.2. The number of carbonyl (C=O) groups excluding carboxylic acids is 1. The standard InChI is InChI=1S/C24H27N3O/c1-26(2)17-18-8-10-19(11-9-18)23-7-3-4-15-27(23)24(28)21-12-13-22-20(16-21)6-5-14-25-22/h5-6,8-14,16,23H,3-4,7,15,17H2,1-2H3. The molecule has 144 valence electrons. The summed E-state index contributed by atoms with van der Waals surface area (Å²) in [5, 5.41) is 1.01. The second kappa shape index (κ2) is 8.11. The van der Waals surface area contributed by atoms with Gasteiger partial charge in [0.15, 0.2) is 0 Å². The number of nitrogens with zero attached hydrogens (tertiary/aromatic N) is 3. The first-order valence-corrected chi connectivity index (χ1v) is 10.0. The van der Waals surface area contributed by atoms with Crippen LogP contribution in [0.2, 0.25) is 0 Å². The van der Waals surface area contributed by atoms with Gasteiger partial charge >= 0.3 is 0 Å². The highest BCUT2D eigenvalue weighted by molar-refractivity contribution is 5.98. The van der Waals surface area contributed by atoms with Crippen molar-refractivity contribution in [2.24, 2.45) is 0 Å². The Labute approximate surface area is 166 Å². The zero-order valence-electron chi connectivity index (χ0n) is 16.6. The molecular formula is C24H27N3O. The highest BCUT2D eigenvalue weighted by Crippen LogP contribution is 2.32. The number of hydrogen-bond acceptors (Lipinski definition) is 3. The Morgan fingerprint density at radius 2 is 1.93 bits per heavy atom. The van der Waals surface area contributed by atoms with E-state index in [1.54, 1.807) is 6.20 Å². The van der Waals surface area contributed by atoms with Crippen LogP contribution in [0.15, 0.2) is 60.8 Å². The number of hydrogen-bond donors (Lipinski definition) is 0. The summed E-state index contributed by atoms with van der Waals surface area (Å²) in [6, 6.07) is 18.7. The SMILES string of the molecule is CN(C)Cc1ccc(C2CCCCN2C(=O)c2ccc3ncccc3c2)cc1. The van der Waals surface area contributed by atoms with Crippen molar-refractivity contribution in [1.82, 2.24) is 14.8 Å². The highest BCUT2D eigenvalue weighted by atomic mass is 16.2. The van der Waals surface area contributed by atoms with E-state index in [1.165, 1.54) is 11.1 Å². The molecule has 1 aliphatic heterocycles. The lowest BCUT2D eigenvalue weighted by Gasteiger charge is -2.36. The third-order valence-electron chi connectivity index (χ3n) is 5.48. The van der Waals surface area contributed by atoms with Crippen molar-refractivity contribution in [2.45, 2.75) is 31.8 Å². The van der Waals surface area contributed by atoms with Gasteiger partial charge in [0.05, 0.1) is 11.6 Å². The quantitative estimate of drug-likeness (QED) is 0.667. The predicted octanol–water partition coefficient (Wildman–Crippen LogP) is 4.66. The molecule has 1 saturated heterocycles. The molecule has 2 aromatic carbocycles. The van der Waals surface area contributed by atoms with Gasteiger partial charge < -0.3 is 9.80 Å². The molecular weight excluding hydrogens is 346 g/mol. The minimum absolute atomic E-state index is 0.118. The second-order valence-electron chi connectivity index (χ2n) is 7.90. The molecule has 1 amide bonds. The maximum atomic E-state index is 13.3. The van der Waals surface area contributed by atoms with E-state index in [9.17, 15) is 4.79 Å². The smallest absolute Gasteiger partial charge is 0.254 e. The summed E-state index contributed by atoms with van der Waals surface area (Å²) in [5.74, 6) is 0.118. The van der Waals surface area contributed by atoms with Crippen molar-refractivity contribution >= 4 is 16.8 Å². The summed E-state index contributed by atoms with van der Waals surface area (Å²) in [6.07, 6.45) is 5.03. The van der Waals surface area contributed by atoms with Crippen molar-refractivity contribution in [3.8, 4) is 0 Å². The molecule has 0 bridgehead atoms. The zero-order chi connectivity index (χ0) is 19.5. The molecule has 1 atom stereocenters. The van der Waals surface area contributed by atoms with Crippen LogP contribution in [0, 0.1) is 0 Å². The topological polar surface area (TPSA) is 36.4 Å². The maximum Gasteiger partial charge on any atom is 0.254 e. The molecule has 0 aliphatic carbocycles. The Morgan fingerprint density at radius 3 is 2.71 bits per heavy atom. The number of piperidine rings is 1. The zero-order valence-corrected chi connectivity index (χ0v) is 16.6. The fourth-order valence-corrected chi connectivity index (χ4v) is 4.11. The Balaban J connectivity index is 1.59. The Kier molecular flexibility index (Phi) is 5.40. The van der Waals surface area contributed by atoms with Crippen molar-refractivity contribution in [3.63, 3.8) is 0 Å². The van der Waals surface area contributed by atoms with Gasteiger partial charge in [0.25, 0.3) is 5.91 Å². The molecule has 1 fully saturated rings. The summed E-state index contributed by atoms with van der Waals surface area (Å²) in [4.78, 5) is 21.9. The minimum Gasteiger partial charge on any atom is -0.332 e. The van der Waals surface area contributed by atoms with E-state index in [2.05, 4.69) is 53.1 Å². The van der Waals surface area contributed by atoms with Crippen molar-refractivity contribution < 1.29 is 4.79 Å². The summed E-state index contributed by atoms with van der Waals surface area (Å²) in [5.41, 5.74) is 4.20. The van der Waals surface area contributed by atoms with E-state index >= 15 is 0 Å². The molecule has 1 aromatic heterocycles. The first-order chi connectivity index (χ1) is 13.6.